The highest BCUT2D eigenvalue weighted by Gasteiger charge is 2.26. The maximum Gasteiger partial charge on any atom is 0.347 e. The van der Waals surface area contributed by atoms with Crippen LogP contribution in [-0.4, -0.2) is 37.2 Å². The summed E-state index contributed by atoms with van der Waals surface area (Å²) >= 11 is 3.12. The van der Waals surface area contributed by atoms with Crippen LogP contribution in [0, 0.1) is 10.1 Å². The maximum atomic E-state index is 11.7. The number of rotatable bonds is 7. The van der Waals surface area contributed by atoms with Crippen molar-refractivity contribution >= 4 is 33.6 Å². The van der Waals surface area contributed by atoms with Crippen molar-refractivity contribution in [3.63, 3.8) is 0 Å². The third-order valence-electron chi connectivity index (χ3n) is 2.69. The van der Waals surface area contributed by atoms with E-state index in [-0.39, 0.29) is 24.3 Å². The summed E-state index contributed by atoms with van der Waals surface area (Å²) in [6.07, 6.45) is -1.25. The number of methoxy groups -OCH3 is 2. The Morgan fingerprint density at radius 1 is 1.32 bits per heavy atom. The molecule has 0 N–H and O–H groups in total. The topological polar surface area (TPSA) is 105 Å². The van der Waals surface area contributed by atoms with E-state index in [4.69, 9.17) is 4.74 Å². The van der Waals surface area contributed by atoms with Crippen molar-refractivity contribution in [2.24, 2.45) is 0 Å². The van der Waals surface area contributed by atoms with Gasteiger partial charge in [0.25, 0.3) is 0 Å². The fraction of sp³-hybridized carbons (Fsp3) is 0.385. The van der Waals surface area contributed by atoms with Crippen LogP contribution in [0.4, 0.5) is 5.69 Å². The van der Waals surface area contributed by atoms with E-state index in [9.17, 15) is 19.7 Å². The first-order valence-corrected chi connectivity index (χ1v) is 6.93. The number of hydrogen-bond donors (Lipinski definition) is 0. The summed E-state index contributed by atoms with van der Waals surface area (Å²) < 4.78 is 14.9. The van der Waals surface area contributed by atoms with Crippen molar-refractivity contribution in [2.45, 2.75) is 18.9 Å². The van der Waals surface area contributed by atoms with E-state index in [1.807, 2.05) is 0 Å². The molecule has 0 radical (unpaired) electrons. The molecule has 9 heteroatoms. The van der Waals surface area contributed by atoms with Crippen molar-refractivity contribution in [2.75, 3.05) is 14.2 Å². The first-order valence-electron chi connectivity index (χ1n) is 6.14. The number of ether oxygens (including phenoxy) is 3. The van der Waals surface area contributed by atoms with Gasteiger partial charge in [-0.25, -0.2) is 4.79 Å². The number of esters is 2. The molecule has 1 atom stereocenters. The van der Waals surface area contributed by atoms with E-state index in [1.54, 1.807) is 0 Å². The van der Waals surface area contributed by atoms with Crippen LogP contribution in [0.5, 0.6) is 5.75 Å². The Bertz CT molecular complexity index is 576. The first kappa shape index (κ1) is 17.9. The molecule has 0 aliphatic carbocycles. The predicted molar refractivity (Wildman–Crippen MR) is 78.5 cm³/mol. The Balaban J connectivity index is 2.96. The number of benzene rings is 1. The minimum absolute atomic E-state index is 0.0213. The second-order valence-electron chi connectivity index (χ2n) is 4.11. The van der Waals surface area contributed by atoms with Crippen LogP contribution in [0.3, 0.4) is 0 Å². The van der Waals surface area contributed by atoms with Gasteiger partial charge in [0, 0.05) is 23.4 Å². The Kier molecular flexibility index (Phi) is 6.77. The number of nitro benzene ring substituents is 1. The van der Waals surface area contributed by atoms with E-state index >= 15 is 0 Å². The highest BCUT2D eigenvalue weighted by Crippen LogP contribution is 2.31. The molecule has 1 aromatic carbocycles. The molecule has 0 heterocycles. The molecule has 0 saturated carbocycles. The number of nitrogens with zero attached hydrogens (tertiary/aromatic N) is 1. The molecule has 1 rings (SSSR count). The zero-order chi connectivity index (χ0) is 16.7. The van der Waals surface area contributed by atoms with Gasteiger partial charge < -0.3 is 14.2 Å². The number of hydrogen-bond acceptors (Lipinski definition) is 7. The van der Waals surface area contributed by atoms with E-state index < -0.39 is 23.0 Å². The molecular formula is C13H14BrNO7. The molecule has 0 fully saturated rings. The zero-order valence-electron chi connectivity index (χ0n) is 11.9. The SMILES string of the molecule is COC(=O)CC[C@H](Oc1ccc(Br)cc1[N+](=O)[O-])C(=O)OC. The summed E-state index contributed by atoms with van der Waals surface area (Å²) in [6, 6.07) is 4.15. The fourth-order valence-corrected chi connectivity index (χ4v) is 1.94. The van der Waals surface area contributed by atoms with Crippen LogP contribution >= 0.6 is 15.9 Å². The summed E-state index contributed by atoms with van der Waals surface area (Å²) in [5, 5.41) is 11.0. The summed E-state index contributed by atoms with van der Waals surface area (Å²) in [5.74, 6) is -1.35. The smallest absolute Gasteiger partial charge is 0.347 e. The lowest BCUT2D eigenvalue weighted by atomic mass is 10.2. The standard InChI is InChI=1S/C13H14BrNO7/c1-20-12(16)6-5-11(13(17)21-2)22-10-4-3-8(14)7-9(10)15(18)19/h3-4,7,11H,5-6H2,1-2H3/t11-/m0/s1. The lowest BCUT2D eigenvalue weighted by Gasteiger charge is -2.16. The van der Waals surface area contributed by atoms with Crippen molar-refractivity contribution in [1.29, 1.82) is 0 Å². The normalized spacial score (nSPS) is 11.4. The number of carbonyl (C=O) groups excluding carboxylic acids is 2. The average Bonchev–Trinajstić information content (AvgIpc) is 2.51. The predicted octanol–water partition coefficient (Wildman–Crippen LogP) is 2.23. The van der Waals surface area contributed by atoms with Gasteiger partial charge in [-0.2, -0.15) is 0 Å². The molecule has 120 valence electrons. The van der Waals surface area contributed by atoms with Gasteiger partial charge in [0.05, 0.1) is 19.1 Å². The maximum absolute atomic E-state index is 11.7. The Hall–Kier alpha value is -2.16. The molecule has 0 unspecified atom stereocenters. The van der Waals surface area contributed by atoms with Crippen LogP contribution in [0.15, 0.2) is 22.7 Å². The minimum atomic E-state index is -1.15. The van der Waals surface area contributed by atoms with Crippen molar-refractivity contribution in [3.8, 4) is 5.75 Å². The summed E-state index contributed by atoms with van der Waals surface area (Å²) in [7, 11) is 2.38. The van der Waals surface area contributed by atoms with Crippen LogP contribution < -0.4 is 4.74 Å². The van der Waals surface area contributed by atoms with Gasteiger partial charge in [-0.1, -0.05) is 15.9 Å². The molecule has 0 aromatic heterocycles. The molecular weight excluding hydrogens is 362 g/mol. The lowest BCUT2D eigenvalue weighted by Crippen LogP contribution is -2.29. The van der Waals surface area contributed by atoms with Crippen LogP contribution in [0.2, 0.25) is 0 Å². The van der Waals surface area contributed by atoms with Gasteiger partial charge in [-0.15, -0.1) is 0 Å². The molecule has 0 aliphatic heterocycles. The summed E-state index contributed by atoms with van der Waals surface area (Å²) in [6.45, 7) is 0. The van der Waals surface area contributed by atoms with Gasteiger partial charge in [0.1, 0.15) is 0 Å². The van der Waals surface area contributed by atoms with Crippen molar-refractivity contribution in [3.05, 3.63) is 32.8 Å². The zero-order valence-corrected chi connectivity index (χ0v) is 13.5. The molecule has 0 amide bonds. The molecule has 1 aromatic rings. The van der Waals surface area contributed by atoms with Crippen LogP contribution in [-0.2, 0) is 19.1 Å². The Labute approximate surface area is 134 Å². The molecule has 0 bridgehead atoms. The highest BCUT2D eigenvalue weighted by molar-refractivity contribution is 9.10. The quantitative estimate of drug-likeness (QED) is 0.408. The third-order valence-corrected chi connectivity index (χ3v) is 3.18. The van der Waals surface area contributed by atoms with E-state index in [1.165, 1.54) is 25.3 Å². The largest absolute Gasteiger partial charge is 0.472 e. The van der Waals surface area contributed by atoms with Gasteiger partial charge in [-0.3, -0.25) is 14.9 Å². The lowest BCUT2D eigenvalue weighted by molar-refractivity contribution is -0.386. The van der Waals surface area contributed by atoms with Gasteiger partial charge in [-0.05, 0) is 12.1 Å². The average molecular weight is 376 g/mol. The van der Waals surface area contributed by atoms with E-state index in [0.29, 0.717) is 4.47 Å². The van der Waals surface area contributed by atoms with Gasteiger partial charge >= 0.3 is 17.6 Å². The molecule has 0 spiro atoms. The molecule has 22 heavy (non-hydrogen) atoms. The number of carbonyl (C=O) groups is 2. The minimum Gasteiger partial charge on any atom is -0.472 e. The van der Waals surface area contributed by atoms with Gasteiger partial charge in [0.2, 0.25) is 0 Å². The van der Waals surface area contributed by atoms with Gasteiger partial charge in [0.15, 0.2) is 11.9 Å². The second-order valence-corrected chi connectivity index (χ2v) is 5.03. The highest BCUT2D eigenvalue weighted by atomic mass is 79.9. The number of halogens is 1. The van der Waals surface area contributed by atoms with E-state index in [2.05, 4.69) is 25.4 Å². The van der Waals surface area contributed by atoms with Crippen LogP contribution in [0.1, 0.15) is 12.8 Å². The number of nitro groups is 1. The monoisotopic (exact) mass is 375 g/mol. The summed E-state index contributed by atoms with van der Waals surface area (Å²) in [5.41, 5.74) is -0.304. The Morgan fingerprint density at radius 2 is 2.00 bits per heavy atom. The van der Waals surface area contributed by atoms with Crippen LogP contribution in [0.25, 0.3) is 0 Å². The molecule has 8 nitrogen and oxygen atoms in total. The van der Waals surface area contributed by atoms with E-state index in [0.717, 1.165) is 7.11 Å². The first-order chi connectivity index (χ1) is 10.4. The molecule has 0 saturated heterocycles. The Morgan fingerprint density at radius 3 is 2.55 bits per heavy atom. The third kappa shape index (κ3) is 4.99. The second kappa shape index (κ2) is 8.32. The fourth-order valence-electron chi connectivity index (χ4n) is 1.59. The summed E-state index contributed by atoms with van der Waals surface area (Å²) in [4.78, 5) is 33.2. The molecule has 0 aliphatic rings. The van der Waals surface area contributed by atoms with Crippen molar-refractivity contribution < 1.29 is 28.7 Å². The van der Waals surface area contributed by atoms with Crippen molar-refractivity contribution in [1.82, 2.24) is 0 Å².